The number of carbonyl (C=O) groups is 2. The van der Waals surface area contributed by atoms with E-state index >= 15 is 0 Å². The van der Waals surface area contributed by atoms with Gasteiger partial charge in [-0.3, -0.25) is 9.59 Å². The molecule has 27 heavy (non-hydrogen) atoms. The molecule has 2 amide bonds. The summed E-state index contributed by atoms with van der Waals surface area (Å²) in [4.78, 5) is 36.0. The number of benzene rings is 1. The summed E-state index contributed by atoms with van der Waals surface area (Å²) in [6.45, 7) is 4.79. The van der Waals surface area contributed by atoms with E-state index in [0.717, 1.165) is 12.0 Å². The highest BCUT2D eigenvalue weighted by molar-refractivity contribution is 6.30. The van der Waals surface area contributed by atoms with E-state index < -0.39 is 0 Å². The molecule has 2 heterocycles. The number of rotatable bonds is 5. The number of halogens is 1. The molecule has 1 aliphatic rings. The summed E-state index contributed by atoms with van der Waals surface area (Å²) in [5, 5.41) is 3.57. The van der Waals surface area contributed by atoms with Crippen molar-refractivity contribution in [2.24, 2.45) is 0 Å². The van der Waals surface area contributed by atoms with Gasteiger partial charge in [0.15, 0.2) is 0 Å². The van der Waals surface area contributed by atoms with Gasteiger partial charge < -0.3 is 15.1 Å². The second-order valence-electron chi connectivity index (χ2n) is 6.40. The molecule has 1 N–H and O–H groups in total. The quantitative estimate of drug-likeness (QED) is 0.845. The summed E-state index contributed by atoms with van der Waals surface area (Å²) in [5.74, 6) is 0.467. The van der Waals surface area contributed by atoms with E-state index in [-0.39, 0.29) is 11.8 Å². The molecule has 0 bridgehead atoms. The van der Waals surface area contributed by atoms with Crippen LogP contribution in [0.25, 0.3) is 0 Å². The molecule has 0 atom stereocenters. The van der Waals surface area contributed by atoms with Gasteiger partial charge in [0.2, 0.25) is 11.9 Å². The van der Waals surface area contributed by atoms with Crippen molar-refractivity contribution >= 4 is 29.4 Å². The van der Waals surface area contributed by atoms with Crippen LogP contribution in [0.15, 0.2) is 36.7 Å². The maximum Gasteiger partial charge on any atom is 0.254 e. The van der Waals surface area contributed by atoms with Crippen LogP contribution in [0.1, 0.15) is 22.8 Å². The van der Waals surface area contributed by atoms with Gasteiger partial charge in [0, 0.05) is 57.1 Å². The Labute approximate surface area is 163 Å². The number of piperazine rings is 1. The Morgan fingerprint density at radius 1 is 1.07 bits per heavy atom. The van der Waals surface area contributed by atoms with Crippen molar-refractivity contribution in [1.29, 1.82) is 0 Å². The summed E-state index contributed by atoms with van der Waals surface area (Å²) in [6, 6.07) is 7.56. The largest absolute Gasteiger partial charge is 0.352 e. The molecule has 0 saturated carbocycles. The molecule has 2 aromatic rings. The van der Waals surface area contributed by atoms with E-state index in [9.17, 15) is 9.59 Å². The Morgan fingerprint density at radius 3 is 2.30 bits per heavy atom. The smallest absolute Gasteiger partial charge is 0.254 e. The van der Waals surface area contributed by atoms with E-state index in [2.05, 4.69) is 15.3 Å². The van der Waals surface area contributed by atoms with Crippen LogP contribution in [0.3, 0.4) is 0 Å². The van der Waals surface area contributed by atoms with Gasteiger partial charge in [-0.25, -0.2) is 9.97 Å². The number of nitrogens with zero attached hydrogens (tertiary/aromatic N) is 4. The Morgan fingerprint density at radius 2 is 1.70 bits per heavy atom. The molecule has 1 aromatic carbocycles. The normalized spacial score (nSPS) is 14.1. The van der Waals surface area contributed by atoms with Gasteiger partial charge >= 0.3 is 0 Å². The molecule has 1 fully saturated rings. The number of hydrogen-bond acceptors (Lipinski definition) is 5. The molecule has 3 rings (SSSR count). The highest BCUT2D eigenvalue weighted by Crippen LogP contribution is 2.12. The molecule has 7 nitrogen and oxygen atoms in total. The zero-order chi connectivity index (χ0) is 19.2. The van der Waals surface area contributed by atoms with Gasteiger partial charge in [-0.2, -0.15) is 0 Å². The lowest BCUT2D eigenvalue weighted by atomic mass is 10.1. The minimum atomic E-state index is -0.197. The van der Waals surface area contributed by atoms with Gasteiger partial charge in [-0.1, -0.05) is 23.7 Å². The first-order chi connectivity index (χ1) is 13.0. The van der Waals surface area contributed by atoms with E-state index in [1.54, 1.807) is 11.8 Å². The number of amides is 2. The van der Waals surface area contributed by atoms with Crippen LogP contribution in [0.5, 0.6) is 0 Å². The van der Waals surface area contributed by atoms with Crippen molar-refractivity contribution in [3.8, 4) is 0 Å². The lowest BCUT2D eigenvalue weighted by Crippen LogP contribution is -2.48. The molecule has 0 unspecified atom stereocenters. The minimum Gasteiger partial charge on any atom is -0.352 e. The first-order valence-corrected chi connectivity index (χ1v) is 9.26. The second-order valence-corrected chi connectivity index (χ2v) is 6.83. The standard InChI is InChI=1S/C19H22ClN5O2/c1-14(26)24-8-10-25(11-9-24)19-22-12-16(13-23-19)18(27)21-7-6-15-2-4-17(20)5-3-15/h2-5,12-13H,6-11H2,1H3,(H,21,27). The molecule has 1 aliphatic heterocycles. The Bertz CT molecular complexity index is 787. The average Bonchev–Trinajstić information content (AvgIpc) is 2.69. The lowest BCUT2D eigenvalue weighted by molar-refractivity contribution is -0.129. The molecule has 0 aliphatic carbocycles. The van der Waals surface area contributed by atoms with Crippen molar-refractivity contribution in [2.75, 3.05) is 37.6 Å². The molecule has 1 saturated heterocycles. The molecule has 8 heteroatoms. The highest BCUT2D eigenvalue weighted by atomic mass is 35.5. The molecule has 1 aromatic heterocycles. The van der Waals surface area contributed by atoms with Crippen molar-refractivity contribution < 1.29 is 9.59 Å². The monoisotopic (exact) mass is 387 g/mol. The lowest BCUT2D eigenvalue weighted by Gasteiger charge is -2.34. The Kier molecular flexibility index (Phi) is 6.24. The van der Waals surface area contributed by atoms with Crippen molar-refractivity contribution in [1.82, 2.24) is 20.2 Å². The fourth-order valence-electron chi connectivity index (χ4n) is 2.90. The van der Waals surface area contributed by atoms with Crippen LogP contribution in [-0.2, 0) is 11.2 Å². The van der Waals surface area contributed by atoms with Crippen LogP contribution < -0.4 is 10.2 Å². The predicted octanol–water partition coefficient (Wildman–Crippen LogP) is 1.77. The maximum atomic E-state index is 12.2. The van der Waals surface area contributed by atoms with E-state index in [0.29, 0.717) is 49.3 Å². The van der Waals surface area contributed by atoms with Gasteiger partial charge in [0.25, 0.3) is 5.91 Å². The summed E-state index contributed by atoms with van der Waals surface area (Å²) in [6.07, 6.45) is 3.80. The van der Waals surface area contributed by atoms with Crippen LogP contribution >= 0.6 is 11.6 Å². The number of carbonyl (C=O) groups excluding carboxylic acids is 2. The molecule has 0 spiro atoms. The van der Waals surface area contributed by atoms with E-state index in [1.807, 2.05) is 29.2 Å². The van der Waals surface area contributed by atoms with Crippen LogP contribution in [0.4, 0.5) is 5.95 Å². The zero-order valence-electron chi connectivity index (χ0n) is 15.2. The molecule has 0 radical (unpaired) electrons. The number of hydrogen-bond donors (Lipinski definition) is 1. The van der Waals surface area contributed by atoms with E-state index in [4.69, 9.17) is 11.6 Å². The van der Waals surface area contributed by atoms with Gasteiger partial charge in [-0.15, -0.1) is 0 Å². The second kappa shape index (κ2) is 8.81. The predicted molar refractivity (Wildman–Crippen MR) is 104 cm³/mol. The van der Waals surface area contributed by atoms with Crippen LogP contribution in [0.2, 0.25) is 5.02 Å². The fraction of sp³-hybridized carbons (Fsp3) is 0.368. The SMILES string of the molecule is CC(=O)N1CCN(c2ncc(C(=O)NCCc3ccc(Cl)cc3)cn2)CC1. The topological polar surface area (TPSA) is 78.4 Å². The minimum absolute atomic E-state index is 0.0844. The van der Waals surface area contributed by atoms with Gasteiger partial charge in [0.1, 0.15) is 0 Å². The molecular formula is C19H22ClN5O2. The summed E-state index contributed by atoms with van der Waals surface area (Å²) in [7, 11) is 0. The number of nitrogens with one attached hydrogen (secondary N) is 1. The van der Waals surface area contributed by atoms with Gasteiger partial charge in [0.05, 0.1) is 5.56 Å². The van der Waals surface area contributed by atoms with Crippen molar-refractivity contribution in [3.63, 3.8) is 0 Å². The molecular weight excluding hydrogens is 366 g/mol. The Balaban J connectivity index is 1.48. The van der Waals surface area contributed by atoms with Gasteiger partial charge in [-0.05, 0) is 24.1 Å². The van der Waals surface area contributed by atoms with Crippen LogP contribution in [-0.4, -0.2) is 59.4 Å². The maximum absolute atomic E-state index is 12.2. The zero-order valence-corrected chi connectivity index (χ0v) is 15.9. The van der Waals surface area contributed by atoms with E-state index in [1.165, 1.54) is 12.4 Å². The third-order valence-corrected chi connectivity index (χ3v) is 4.77. The Hall–Kier alpha value is -2.67. The van der Waals surface area contributed by atoms with Crippen molar-refractivity contribution in [3.05, 3.63) is 52.8 Å². The summed E-state index contributed by atoms with van der Waals surface area (Å²) in [5.41, 5.74) is 1.54. The first kappa shape index (κ1) is 19.1. The third-order valence-electron chi connectivity index (χ3n) is 4.52. The average molecular weight is 388 g/mol. The number of aromatic nitrogens is 2. The number of anilines is 1. The van der Waals surface area contributed by atoms with Crippen molar-refractivity contribution in [2.45, 2.75) is 13.3 Å². The molecule has 142 valence electrons. The summed E-state index contributed by atoms with van der Waals surface area (Å²) < 4.78 is 0. The highest BCUT2D eigenvalue weighted by Gasteiger charge is 2.20. The first-order valence-electron chi connectivity index (χ1n) is 8.88. The van der Waals surface area contributed by atoms with Crippen LogP contribution in [0, 0.1) is 0 Å². The third kappa shape index (κ3) is 5.17. The summed E-state index contributed by atoms with van der Waals surface area (Å²) >= 11 is 5.86. The fourth-order valence-corrected chi connectivity index (χ4v) is 3.02.